The second-order valence-corrected chi connectivity index (χ2v) is 5.40. The number of hydrogen-bond donors (Lipinski definition) is 1. The third kappa shape index (κ3) is 4.50. The lowest BCUT2D eigenvalue weighted by atomic mass is 10.2. The quantitative estimate of drug-likeness (QED) is 0.614. The number of amides is 1. The second-order valence-electron chi connectivity index (χ2n) is 4.56. The number of halogens is 2. The highest BCUT2D eigenvalue weighted by molar-refractivity contribution is 6.35. The molecule has 0 bridgehead atoms. The Labute approximate surface area is 147 Å². The number of carbonyl (C=O) groups excluding carboxylic acids is 1. The van der Waals surface area contributed by atoms with Crippen molar-refractivity contribution in [2.75, 3.05) is 19.0 Å². The highest BCUT2D eigenvalue weighted by atomic mass is 35.5. The van der Waals surface area contributed by atoms with E-state index in [0.29, 0.717) is 10.8 Å². The van der Waals surface area contributed by atoms with Crippen LogP contribution in [0.4, 0.5) is 11.4 Å². The van der Waals surface area contributed by atoms with Crippen molar-refractivity contribution in [2.24, 2.45) is 0 Å². The Morgan fingerprint density at radius 2 is 1.92 bits per heavy atom. The monoisotopic (exact) mass is 370 g/mol. The van der Waals surface area contributed by atoms with Gasteiger partial charge in [-0.15, -0.1) is 0 Å². The zero-order chi connectivity index (χ0) is 17.7. The number of methoxy groups -OCH3 is 1. The van der Waals surface area contributed by atoms with E-state index in [1.54, 1.807) is 6.07 Å². The second kappa shape index (κ2) is 7.85. The summed E-state index contributed by atoms with van der Waals surface area (Å²) in [5.74, 6) is -0.0976. The van der Waals surface area contributed by atoms with Crippen molar-refractivity contribution in [3.05, 3.63) is 56.6 Å². The fourth-order valence-corrected chi connectivity index (χ4v) is 2.31. The molecule has 2 rings (SSSR count). The molecule has 0 fully saturated rings. The number of nitrogens with one attached hydrogen (secondary N) is 1. The van der Waals surface area contributed by atoms with Crippen LogP contribution in [0.1, 0.15) is 0 Å². The first-order chi connectivity index (χ1) is 11.4. The zero-order valence-electron chi connectivity index (χ0n) is 12.4. The van der Waals surface area contributed by atoms with Gasteiger partial charge in [-0.05, 0) is 30.3 Å². The van der Waals surface area contributed by atoms with Crippen LogP contribution < -0.4 is 14.8 Å². The Hall–Kier alpha value is -2.51. The summed E-state index contributed by atoms with van der Waals surface area (Å²) < 4.78 is 10.2. The SMILES string of the molecule is COc1ccc(NC(=O)COc2ccc(Cl)cc2Cl)cc1[N+](=O)[O-]. The summed E-state index contributed by atoms with van der Waals surface area (Å²) in [6, 6.07) is 8.68. The highest BCUT2D eigenvalue weighted by Gasteiger charge is 2.16. The van der Waals surface area contributed by atoms with Gasteiger partial charge in [0.05, 0.1) is 17.1 Å². The number of ether oxygens (including phenoxy) is 2. The van der Waals surface area contributed by atoms with Gasteiger partial charge in [0.25, 0.3) is 5.91 Å². The number of carbonyl (C=O) groups is 1. The molecule has 24 heavy (non-hydrogen) atoms. The van der Waals surface area contributed by atoms with E-state index in [4.69, 9.17) is 32.7 Å². The zero-order valence-corrected chi connectivity index (χ0v) is 13.9. The van der Waals surface area contributed by atoms with Crippen LogP contribution in [0.25, 0.3) is 0 Å². The third-order valence-corrected chi connectivity index (χ3v) is 3.44. The fourth-order valence-electron chi connectivity index (χ4n) is 1.84. The molecule has 0 saturated heterocycles. The van der Waals surface area contributed by atoms with Crippen LogP contribution >= 0.6 is 23.2 Å². The third-order valence-electron chi connectivity index (χ3n) is 2.91. The van der Waals surface area contributed by atoms with Crippen LogP contribution in [0, 0.1) is 10.1 Å². The summed E-state index contributed by atoms with van der Waals surface area (Å²) in [6.07, 6.45) is 0. The standard InChI is InChI=1S/C15H12Cl2N2O5/c1-23-14-5-3-10(7-12(14)19(21)22)18-15(20)8-24-13-4-2-9(16)6-11(13)17/h2-7H,8H2,1H3,(H,18,20). The number of hydrogen-bond acceptors (Lipinski definition) is 5. The molecule has 0 unspecified atom stereocenters. The average Bonchev–Trinajstić information content (AvgIpc) is 2.54. The number of nitrogens with zero attached hydrogens (tertiary/aromatic N) is 1. The minimum atomic E-state index is -0.599. The van der Waals surface area contributed by atoms with Crippen LogP contribution in [-0.2, 0) is 4.79 Å². The Balaban J connectivity index is 2.02. The van der Waals surface area contributed by atoms with E-state index in [2.05, 4.69) is 5.32 Å². The summed E-state index contributed by atoms with van der Waals surface area (Å²) >= 11 is 11.7. The number of anilines is 1. The fraction of sp³-hybridized carbons (Fsp3) is 0.133. The molecule has 0 aliphatic rings. The van der Waals surface area contributed by atoms with E-state index >= 15 is 0 Å². The van der Waals surface area contributed by atoms with Gasteiger partial charge in [-0.3, -0.25) is 14.9 Å². The molecule has 1 N–H and O–H groups in total. The predicted molar refractivity (Wildman–Crippen MR) is 90.2 cm³/mol. The summed E-state index contributed by atoms with van der Waals surface area (Å²) in [7, 11) is 1.32. The van der Waals surface area contributed by atoms with Crippen molar-refractivity contribution in [1.82, 2.24) is 0 Å². The number of benzene rings is 2. The van der Waals surface area contributed by atoms with E-state index in [9.17, 15) is 14.9 Å². The summed E-state index contributed by atoms with van der Waals surface area (Å²) in [5, 5.41) is 14.2. The van der Waals surface area contributed by atoms with Crippen LogP contribution in [0.3, 0.4) is 0 Å². The van der Waals surface area contributed by atoms with Crippen molar-refractivity contribution in [3.63, 3.8) is 0 Å². The van der Waals surface area contributed by atoms with Crippen LogP contribution in [0.2, 0.25) is 10.0 Å². The Bertz CT molecular complexity index is 782. The van der Waals surface area contributed by atoms with Gasteiger partial charge < -0.3 is 14.8 Å². The first-order valence-corrected chi connectivity index (χ1v) is 7.36. The molecule has 0 spiro atoms. The molecule has 1 amide bonds. The maximum atomic E-state index is 11.9. The van der Waals surface area contributed by atoms with Crippen molar-refractivity contribution in [1.29, 1.82) is 0 Å². The van der Waals surface area contributed by atoms with Crippen molar-refractivity contribution in [3.8, 4) is 11.5 Å². The van der Waals surface area contributed by atoms with Crippen LogP contribution in [-0.4, -0.2) is 24.5 Å². The minimum Gasteiger partial charge on any atom is -0.490 e. The molecule has 0 heterocycles. The molecule has 7 nitrogen and oxygen atoms in total. The molecular formula is C15H12Cl2N2O5. The molecule has 9 heteroatoms. The van der Waals surface area contributed by atoms with Gasteiger partial charge in [0, 0.05) is 16.8 Å². The molecule has 0 atom stereocenters. The van der Waals surface area contributed by atoms with E-state index in [-0.39, 0.29) is 28.8 Å². The van der Waals surface area contributed by atoms with Crippen molar-refractivity contribution < 1.29 is 19.2 Å². The van der Waals surface area contributed by atoms with Crippen LogP contribution in [0.15, 0.2) is 36.4 Å². The number of nitro benzene ring substituents is 1. The van der Waals surface area contributed by atoms with Gasteiger partial charge in [-0.25, -0.2) is 0 Å². The van der Waals surface area contributed by atoms with Crippen molar-refractivity contribution in [2.45, 2.75) is 0 Å². The van der Waals surface area contributed by atoms with Gasteiger partial charge >= 0.3 is 5.69 Å². The molecular weight excluding hydrogens is 359 g/mol. The lowest BCUT2D eigenvalue weighted by Gasteiger charge is -2.09. The lowest BCUT2D eigenvalue weighted by Crippen LogP contribution is -2.20. The summed E-state index contributed by atoms with van der Waals surface area (Å²) in [6.45, 7) is -0.318. The van der Waals surface area contributed by atoms with Gasteiger partial charge in [-0.2, -0.15) is 0 Å². The largest absolute Gasteiger partial charge is 0.490 e. The van der Waals surface area contributed by atoms with Gasteiger partial charge in [0.15, 0.2) is 12.4 Å². The maximum absolute atomic E-state index is 11.9. The predicted octanol–water partition coefficient (Wildman–Crippen LogP) is 3.93. The van der Waals surface area contributed by atoms with Gasteiger partial charge in [0.2, 0.25) is 0 Å². The molecule has 126 valence electrons. The number of nitro groups is 1. The van der Waals surface area contributed by atoms with Gasteiger partial charge in [0.1, 0.15) is 5.75 Å². The van der Waals surface area contributed by atoms with Crippen LogP contribution in [0.5, 0.6) is 11.5 Å². The maximum Gasteiger partial charge on any atom is 0.312 e. The molecule has 0 radical (unpaired) electrons. The Morgan fingerprint density at radius 1 is 1.21 bits per heavy atom. The molecule has 2 aromatic rings. The summed E-state index contributed by atoms with van der Waals surface area (Å²) in [4.78, 5) is 22.3. The Morgan fingerprint density at radius 3 is 2.54 bits per heavy atom. The van der Waals surface area contributed by atoms with E-state index < -0.39 is 10.8 Å². The molecule has 2 aromatic carbocycles. The topological polar surface area (TPSA) is 90.7 Å². The first kappa shape index (κ1) is 17.8. The van der Waals surface area contributed by atoms with E-state index in [1.165, 1.54) is 37.4 Å². The normalized spacial score (nSPS) is 10.1. The van der Waals surface area contributed by atoms with E-state index in [0.717, 1.165) is 0 Å². The first-order valence-electron chi connectivity index (χ1n) is 6.61. The minimum absolute atomic E-state index is 0.0993. The highest BCUT2D eigenvalue weighted by Crippen LogP contribution is 2.30. The lowest BCUT2D eigenvalue weighted by molar-refractivity contribution is -0.385. The molecule has 0 aromatic heterocycles. The smallest absolute Gasteiger partial charge is 0.312 e. The van der Waals surface area contributed by atoms with Gasteiger partial charge in [-0.1, -0.05) is 23.2 Å². The number of rotatable bonds is 6. The molecule has 0 aliphatic heterocycles. The van der Waals surface area contributed by atoms with E-state index in [1.807, 2.05) is 0 Å². The molecule has 0 saturated carbocycles. The average molecular weight is 371 g/mol. The Kier molecular flexibility index (Phi) is 5.83. The van der Waals surface area contributed by atoms with Crippen molar-refractivity contribution >= 4 is 40.5 Å². The molecule has 0 aliphatic carbocycles. The summed E-state index contributed by atoms with van der Waals surface area (Å²) in [5.41, 5.74) is -0.00438.